The van der Waals surface area contributed by atoms with Crippen LogP contribution in [0.5, 0.6) is 11.5 Å². The quantitative estimate of drug-likeness (QED) is 0.472. The smallest absolute Gasteiger partial charge is 0.273 e. The maximum Gasteiger partial charge on any atom is 0.273 e. The summed E-state index contributed by atoms with van der Waals surface area (Å²) < 4.78 is 59.8. The summed E-state index contributed by atoms with van der Waals surface area (Å²) >= 11 is 0. The summed E-state index contributed by atoms with van der Waals surface area (Å²) in [5.74, 6) is -2.34. The number of fused-ring (bicyclic) bond motifs is 1. The Morgan fingerprint density at radius 2 is 2.06 bits per heavy atom. The topological polar surface area (TPSA) is 77.5 Å². The standard InChI is InChI=1S/C25H29F3N4O3/c1-14(17-6-5-7-19(23(17)26)25(3,27)28)30-24-18-10-22(35-13-16-12-29-8-9-34-16)21(33-4)11-20(18)31-15(2)32-24/h5-7,10-11,14,16,29H,8-9,12-13H2,1-4H3,(H,30,31,32)/t14-,16?/m1/s1. The third-order valence-corrected chi connectivity index (χ3v) is 5.84. The van der Waals surface area contributed by atoms with Crippen LogP contribution >= 0.6 is 0 Å². The van der Waals surface area contributed by atoms with Gasteiger partial charge < -0.3 is 24.8 Å². The van der Waals surface area contributed by atoms with Crippen LogP contribution < -0.4 is 20.1 Å². The van der Waals surface area contributed by atoms with E-state index in [0.717, 1.165) is 12.6 Å². The monoisotopic (exact) mass is 490 g/mol. The number of ether oxygens (including phenoxy) is 3. The Hall–Kier alpha value is -3.11. The molecule has 35 heavy (non-hydrogen) atoms. The van der Waals surface area contributed by atoms with Gasteiger partial charge in [0.2, 0.25) is 0 Å². The Morgan fingerprint density at radius 1 is 1.26 bits per heavy atom. The van der Waals surface area contributed by atoms with E-state index in [0.29, 0.717) is 60.7 Å². The molecule has 1 aromatic heterocycles. The van der Waals surface area contributed by atoms with Crippen LogP contribution in [-0.4, -0.2) is 49.5 Å². The van der Waals surface area contributed by atoms with E-state index in [1.165, 1.54) is 12.1 Å². The normalized spacial score (nSPS) is 17.3. The first kappa shape index (κ1) is 25.0. The first-order valence-corrected chi connectivity index (χ1v) is 11.4. The second-order valence-electron chi connectivity index (χ2n) is 8.61. The molecule has 2 heterocycles. The van der Waals surface area contributed by atoms with Gasteiger partial charge in [0.25, 0.3) is 5.92 Å². The molecule has 1 unspecified atom stereocenters. The van der Waals surface area contributed by atoms with Crippen molar-refractivity contribution >= 4 is 16.7 Å². The third-order valence-electron chi connectivity index (χ3n) is 5.84. The van der Waals surface area contributed by atoms with Crippen molar-refractivity contribution in [3.05, 3.63) is 53.1 Å². The van der Waals surface area contributed by atoms with Gasteiger partial charge in [-0.15, -0.1) is 0 Å². The molecule has 0 amide bonds. The fraction of sp³-hybridized carbons (Fsp3) is 0.440. The zero-order chi connectivity index (χ0) is 25.2. The molecule has 0 saturated carbocycles. The summed E-state index contributed by atoms with van der Waals surface area (Å²) in [6.07, 6.45) is -0.0945. The molecule has 2 N–H and O–H groups in total. The number of nitrogens with one attached hydrogen (secondary N) is 2. The van der Waals surface area contributed by atoms with Crippen LogP contribution in [0.25, 0.3) is 10.9 Å². The molecule has 0 aliphatic carbocycles. The fourth-order valence-corrected chi connectivity index (χ4v) is 4.05. The average Bonchev–Trinajstić information content (AvgIpc) is 2.82. The zero-order valence-electron chi connectivity index (χ0n) is 20.1. The largest absolute Gasteiger partial charge is 0.493 e. The van der Waals surface area contributed by atoms with E-state index in [1.54, 1.807) is 33.1 Å². The molecule has 10 heteroatoms. The molecular formula is C25H29F3N4O3. The number of hydrogen-bond acceptors (Lipinski definition) is 7. The first-order chi connectivity index (χ1) is 16.7. The summed E-state index contributed by atoms with van der Waals surface area (Å²) in [5, 5.41) is 7.04. The van der Waals surface area contributed by atoms with Crippen LogP contribution in [-0.2, 0) is 10.7 Å². The molecule has 0 radical (unpaired) electrons. The number of benzene rings is 2. The van der Waals surface area contributed by atoms with Crippen molar-refractivity contribution in [2.75, 3.05) is 38.7 Å². The van der Waals surface area contributed by atoms with Gasteiger partial charge in [-0.05, 0) is 19.9 Å². The number of alkyl halides is 2. The van der Waals surface area contributed by atoms with Crippen molar-refractivity contribution in [1.82, 2.24) is 15.3 Å². The van der Waals surface area contributed by atoms with Crippen LogP contribution in [0.3, 0.4) is 0 Å². The van der Waals surface area contributed by atoms with Crippen LogP contribution in [0.1, 0.15) is 36.8 Å². The molecule has 1 saturated heterocycles. The number of rotatable bonds is 8. The molecule has 188 valence electrons. The Kier molecular flexibility index (Phi) is 7.32. The highest BCUT2D eigenvalue weighted by atomic mass is 19.3. The minimum absolute atomic E-state index is 0.0945. The SMILES string of the molecule is COc1cc2nc(C)nc(N[C@H](C)c3cccc(C(C)(F)F)c3F)c2cc1OCC1CNCCO1. The Balaban J connectivity index is 1.66. The maximum absolute atomic E-state index is 14.9. The number of methoxy groups -OCH3 is 1. The summed E-state index contributed by atoms with van der Waals surface area (Å²) in [6, 6.07) is 6.85. The van der Waals surface area contributed by atoms with Crippen molar-refractivity contribution < 1.29 is 27.4 Å². The van der Waals surface area contributed by atoms with Gasteiger partial charge in [0, 0.05) is 37.0 Å². The van der Waals surface area contributed by atoms with Crippen molar-refractivity contribution in [2.45, 2.75) is 38.8 Å². The highest BCUT2D eigenvalue weighted by Gasteiger charge is 2.30. The predicted octanol–water partition coefficient (Wildman–Crippen LogP) is 4.74. The van der Waals surface area contributed by atoms with E-state index < -0.39 is 23.3 Å². The van der Waals surface area contributed by atoms with E-state index in [-0.39, 0.29) is 11.7 Å². The van der Waals surface area contributed by atoms with Crippen LogP contribution in [0.4, 0.5) is 19.0 Å². The summed E-state index contributed by atoms with van der Waals surface area (Å²) in [4.78, 5) is 8.98. The highest BCUT2D eigenvalue weighted by molar-refractivity contribution is 5.92. The van der Waals surface area contributed by atoms with Gasteiger partial charge in [-0.25, -0.2) is 23.1 Å². The Bertz CT molecular complexity index is 1200. The molecule has 2 aromatic carbocycles. The van der Waals surface area contributed by atoms with Crippen LogP contribution in [0.2, 0.25) is 0 Å². The van der Waals surface area contributed by atoms with E-state index >= 15 is 0 Å². The number of nitrogens with zero attached hydrogens (tertiary/aromatic N) is 2. The minimum Gasteiger partial charge on any atom is -0.493 e. The number of hydrogen-bond donors (Lipinski definition) is 2. The third kappa shape index (κ3) is 5.59. The van der Waals surface area contributed by atoms with Crippen LogP contribution in [0.15, 0.2) is 30.3 Å². The lowest BCUT2D eigenvalue weighted by Crippen LogP contribution is -2.41. The molecule has 0 bridgehead atoms. The highest BCUT2D eigenvalue weighted by Crippen LogP contribution is 2.37. The summed E-state index contributed by atoms with van der Waals surface area (Å²) in [6.45, 7) is 6.53. The minimum atomic E-state index is -3.29. The number of anilines is 1. The lowest BCUT2D eigenvalue weighted by atomic mass is 10.0. The average molecular weight is 491 g/mol. The van der Waals surface area contributed by atoms with Gasteiger partial charge in [0.1, 0.15) is 30.2 Å². The molecule has 7 nitrogen and oxygen atoms in total. The number of aryl methyl sites for hydroxylation is 1. The fourth-order valence-electron chi connectivity index (χ4n) is 4.05. The number of morpholine rings is 1. The van der Waals surface area contributed by atoms with Crippen molar-refractivity contribution in [2.24, 2.45) is 0 Å². The number of aromatic nitrogens is 2. The lowest BCUT2D eigenvalue weighted by molar-refractivity contribution is -0.000234. The van der Waals surface area contributed by atoms with Crippen molar-refractivity contribution in [3.63, 3.8) is 0 Å². The van der Waals surface area contributed by atoms with Gasteiger partial charge in [0.15, 0.2) is 11.5 Å². The van der Waals surface area contributed by atoms with Gasteiger partial charge >= 0.3 is 0 Å². The van der Waals surface area contributed by atoms with Crippen molar-refractivity contribution in [3.8, 4) is 11.5 Å². The Morgan fingerprint density at radius 3 is 2.74 bits per heavy atom. The first-order valence-electron chi connectivity index (χ1n) is 11.4. The lowest BCUT2D eigenvalue weighted by Gasteiger charge is -2.24. The van der Waals surface area contributed by atoms with E-state index in [1.807, 2.05) is 0 Å². The molecule has 0 spiro atoms. The molecule has 1 aliphatic rings. The van der Waals surface area contributed by atoms with Gasteiger partial charge in [-0.1, -0.05) is 18.2 Å². The number of halogens is 3. The van der Waals surface area contributed by atoms with E-state index in [9.17, 15) is 13.2 Å². The van der Waals surface area contributed by atoms with Gasteiger partial charge in [-0.2, -0.15) is 0 Å². The van der Waals surface area contributed by atoms with E-state index in [2.05, 4.69) is 20.6 Å². The second-order valence-corrected chi connectivity index (χ2v) is 8.61. The summed E-state index contributed by atoms with van der Waals surface area (Å²) in [5.41, 5.74) is 0.0638. The molecule has 1 aliphatic heterocycles. The molecule has 3 aromatic rings. The maximum atomic E-state index is 14.9. The predicted molar refractivity (Wildman–Crippen MR) is 127 cm³/mol. The molecule has 2 atom stereocenters. The van der Waals surface area contributed by atoms with Crippen LogP contribution in [0, 0.1) is 12.7 Å². The van der Waals surface area contributed by atoms with Gasteiger partial charge in [-0.3, -0.25) is 0 Å². The zero-order valence-corrected chi connectivity index (χ0v) is 20.1. The van der Waals surface area contributed by atoms with Gasteiger partial charge in [0.05, 0.1) is 30.8 Å². The molecule has 1 fully saturated rings. The van der Waals surface area contributed by atoms with Crippen molar-refractivity contribution in [1.29, 1.82) is 0 Å². The Labute approximate surface area is 202 Å². The second kappa shape index (κ2) is 10.2. The molecular weight excluding hydrogens is 461 g/mol. The summed E-state index contributed by atoms with van der Waals surface area (Å²) in [7, 11) is 1.54. The van der Waals surface area contributed by atoms with E-state index in [4.69, 9.17) is 14.2 Å². The molecule has 4 rings (SSSR count).